The van der Waals surface area contributed by atoms with Gasteiger partial charge in [0.25, 0.3) is 0 Å². The van der Waals surface area contributed by atoms with Crippen molar-refractivity contribution in [1.29, 1.82) is 0 Å². The molecule has 108 valence electrons. The van der Waals surface area contributed by atoms with Crippen molar-refractivity contribution in [1.82, 2.24) is 14.7 Å². The zero-order valence-electron chi connectivity index (χ0n) is 10.4. The van der Waals surface area contributed by atoms with Crippen LogP contribution in [-0.2, 0) is 10.0 Å². The van der Waals surface area contributed by atoms with E-state index in [0.717, 1.165) is 6.07 Å². The van der Waals surface area contributed by atoms with E-state index >= 15 is 0 Å². The van der Waals surface area contributed by atoms with Crippen molar-refractivity contribution in [3.8, 4) is 0 Å². The lowest BCUT2D eigenvalue weighted by molar-refractivity contribution is 0.535. The normalized spacial score (nSPS) is 13.3. The number of nitrogen functional groups attached to an aromatic ring is 1. The zero-order valence-corrected chi connectivity index (χ0v) is 11.2. The second-order valence-electron chi connectivity index (χ2n) is 4.12. The van der Waals surface area contributed by atoms with Crippen LogP contribution in [0.15, 0.2) is 29.4 Å². The number of benzene rings is 1. The molecule has 1 aromatic heterocycles. The lowest BCUT2D eigenvalue weighted by Crippen LogP contribution is -2.28. The van der Waals surface area contributed by atoms with Gasteiger partial charge in [0.2, 0.25) is 10.0 Å². The van der Waals surface area contributed by atoms with Gasteiger partial charge >= 0.3 is 0 Å². The number of nitrogens with one attached hydrogen (secondary N) is 2. The molecule has 1 unspecified atom stereocenters. The summed E-state index contributed by atoms with van der Waals surface area (Å²) in [7, 11) is -4.19. The second kappa shape index (κ2) is 5.17. The highest BCUT2D eigenvalue weighted by Crippen LogP contribution is 2.22. The van der Waals surface area contributed by atoms with Crippen molar-refractivity contribution in [3.63, 3.8) is 0 Å². The molecule has 0 amide bonds. The van der Waals surface area contributed by atoms with Crippen LogP contribution in [0.2, 0.25) is 0 Å². The van der Waals surface area contributed by atoms with Gasteiger partial charge in [-0.1, -0.05) is 0 Å². The van der Waals surface area contributed by atoms with Crippen molar-refractivity contribution < 1.29 is 17.2 Å². The average molecular weight is 302 g/mol. The van der Waals surface area contributed by atoms with E-state index in [1.165, 1.54) is 19.3 Å². The summed E-state index contributed by atoms with van der Waals surface area (Å²) in [6, 6.07) is 0.462. The van der Waals surface area contributed by atoms with Crippen LogP contribution in [0.25, 0.3) is 0 Å². The first-order chi connectivity index (χ1) is 9.31. The lowest BCUT2D eigenvalue weighted by atomic mass is 10.3. The van der Waals surface area contributed by atoms with E-state index in [0.29, 0.717) is 11.9 Å². The predicted molar refractivity (Wildman–Crippen MR) is 68.1 cm³/mol. The van der Waals surface area contributed by atoms with Crippen LogP contribution < -0.4 is 10.5 Å². The molecule has 20 heavy (non-hydrogen) atoms. The SMILES string of the molecule is CC(NS(=O)(=O)c1cc(N)c(F)cc1F)c1ncc[nH]1. The van der Waals surface area contributed by atoms with Gasteiger partial charge in [-0.3, -0.25) is 0 Å². The highest BCUT2D eigenvalue weighted by molar-refractivity contribution is 7.89. The molecule has 9 heteroatoms. The number of rotatable bonds is 4. The topological polar surface area (TPSA) is 101 Å². The maximum Gasteiger partial charge on any atom is 0.244 e. The fraction of sp³-hybridized carbons (Fsp3) is 0.182. The van der Waals surface area contributed by atoms with Crippen LogP contribution in [0, 0.1) is 11.6 Å². The number of H-pyrrole nitrogens is 1. The number of halogens is 2. The Hall–Kier alpha value is -2.00. The number of imidazole rings is 1. The zero-order chi connectivity index (χ0) is 14.9. The Morgan fingerprint density at radius 3 is 2.65 bits per heavy atom. The molecule has 0 bridgehead atoms. The van der Waals surface area contributed by atoms with Gasteiger partial charge in [-0.2, -0.15) is 0 Å². The molecule has 1 aromatic carbocycles. The number of hydrogen-bond donors (Lipinski definition) is 3. The van der Waals surface area contributed by atoms with Crippen LogP contribution in [0.3, 0.4) is 0 Å². The van der Waals surface area contributed by atoms with E-state index in [4.69, 9.17) is 5.73 Å². The molecule has 0 spiro atoms. The molecule has 0 aliphatic rings. The summed E-state index contributed by atoms with van der Waals surface area (Å²) >= 11 is 0. The molecule has 0 radical (unpaired) electrons. The van der Waals surface area contributed by atoms with E-state index in [-0.39, 0.29) is 0 Å². The quantitative estimate of drug-likeness (QED) is 0.741. The molecule has 0 saturated heterocycles. The maximum atomic E-state index is 13.6. The third kappa shape index (κ3) is 2.78. The number of hydrogen-bond acceptors (Lipinski definition) is 4. The Kier molecular flexibility index (Phi) is 3.73. The van der Waals surface area contributed by atoms with Gasteiger partial charge in [0.15, 0.2) is 0 Å². The summed E-state index contributed by atoms with van der Waals surface area (Å²) in [5.74, 6) is -1.86. The smallest absolute Gasteiger partial charge is 0.244 e. The van der Waals surface area contributed by atoms with Gasteiger partial charge in [0.05, 0.1) is 11.7 Å². The maximum absolute atomic E-state index is 13.6. The summed E-state index contributed by atoms with van der Waals surface area (Å²) < 4.78 is 52.9. The van der Waals surface area contributed by atoms with Gasteiger partial charge in [-0.25, -0.2) is 26.9 Å². The van der Waals surface area contributed by atoms with E-state index in [1.54, 1.807) is 0 Å². The van der Waals surface area contributed by atoms with E-state index in [9.17, 15) is 17.2 Å². The molecule has 4 N–H and O–H groups in total. The second-order valence-corrected chi connectivity index (χ2v) is 5.80. The van der Waals surface area contributed by atoms with Gasteiger partial charge in [0.1, 0.15) is 22.4 Å². The van der Waals surface area contributed by atoms with Crippen LogP contribution >= 0.6 is 0 Å². The Bertz CT molecular complexity index is 716. The fourth-order valence-corrected chi connectivity index (χ4v) is 2.92. The molecule has 1 heterocycles. The Balaban J connectivity index is 2.34. The Morgan fingerprint density at radius 1 is 1.35 bits per heavy atom. The van der Waals surface area contributed by atoms with Crippen LogP contribution in [-0.4, -0.2) is 18.4 Å². The number of aromatic nitrogens is 2. The first-order valence-corrected chi connectivity index (χ1v) is 7.05. The monoisotopic (exact) mass is 302 g/mol. The number of sulfonamides is 1. The summed E-state index contributed by atoms with van der Waals surface area (Å²) in [6.07, 6.45) is 2.98. The van der Waals surface area contributed by atoms with Crippen molar-refractivity contribution in [2.75, 3.05) is 5.73 Å². The van der Waals surface area contributed by atoms with Crippen molar-refractivity contribution in [2.45, 2.75) is 17.9 Å². The molecule has 2 aromatic rings. The number of nitrogens with zero attached hydrogens (tertiary/aromatic N) is 1. The van der Waals surface area contributed by atoms with Gasteiger partial charge in [0, 0.05) is 18.5 Å². The van der Waals surface area contributed by atoms with Gasteiger partial charge in [-0.05, 0) is 13.0 Å². The van der Waals surface area contributed by atoms with Crippen molar-refractivity contribution in [3.05, 3.63) is 42.0 Å². The standard InChI is InChI=1S/C11H12F2N4O2S/c1-6(11-15-2-3-16-11)17-20(18,19)10-5-9(14)7(12)4-8(10)13/h2-6,17H,14H2,1H3,(H,15,16). The van der Waals surface area contributed by atoms with E-state index in [2.05, 4.69) is 14.7 Å². The van der Waals surface area contributed by atoms with Crippen LogP contribution in [0.4, 0.5) is 14.5 Å². The van der Waals surface area contributed by atoms with Crippen LogP contribution in [0.5, 0.6) is 0 Å². The van der Waals surface area contributed by atoms with Crippen molar-refractivity contribution >= 4 is 15.7 Å². The summed E-state index contributed by atoms with van der Waals surface area (Å²) in [4.78, 5) is 5.90. The molecule has 2 rings (SSSR count). The Morgan fingerprint density at radius 2 is 2.05 bits per heavy atom. The summed E-state index contributed by atoms with van der Waals surface area (Å²) in [6.45, 7) is 1.53. The number of anilines is 1. The molecule has 0 aliphatic heterocycles. The first kappa shape index (κ1) is 14.4. The lowest BCUT2D eigenvalue weighted by Gasteiger charge is -2.13. The van der Waals surface area contributed by atoms with E-state index < -0.39 is 38.3 Å². The molecule has 0 saturated carbocycles. The molecular formula is C11H12F2N4O2S. The fourth-order valence-electron chi connectivity index (χ4n) is 1.62. The molecular weight excluding hydrogens is 290 g/mol. The minimum absolute atomic E-state index is 0.365. The summed E-state index contributed by atoms with van der Waals surface area (Å²) in [5.41, 5.74) is 4.81. The third-order valence-electron chi connectivity index (χ3n) is 2.60. The molecule has 1 atom stereocenters. The van der Waals surface area contributed by atoms with Crippen LogP contribution in [0.1, 0.15) is 18.8 Å². The number of aromatic amines is 1. The molecule has 0 aliphatic carbocycles. The largest absolute Gasteiger partial charge is 0.396 e. The predicted octanol–water partition coefficient (Wildman–Crippen LogP) is 1.31. The number of nitrogens with two attached hydrogens (primary N) is 1. The molecule has 0 fully saturated rings. The minimum Gasteiger partial charge on any atom is -0.396 e. The van der Waals surface area contributed by atoms with Gasteiger partial charge < -0.3 is 10.7 Å². The first-order valence-electron chi connectivity index (χ1n) is 5.57. The highest BCUT2D eigenvalue weighted by atomic mass is 32.2. The molecule has 6 nitrogen and oxygen atoms in total. The average Bonchev–Trinajstić information content (AvgIpc) is 2.86. The van der Waals surface area contributed by atoms with Gasteiger partial charge in [-0.15, -0.1) is 0 Å². The highest BCUT2D eigenvalue weighted by Gasteiger charge is 2.24. The van der Waals surface area contributed by atoms with Crippen molar-refractivity contribution in [2.24, 2.45) is 0 Å². The Labute approximate surface area is 114 Å². The minimum atomic E-state index is -4.19. The third-order valence-corrected chi connectivity index (χ3v) is 4.16. The summed E-state index contributed by atoms with van der Waals surface area (Å²) in [5, 5.41) is 0. The van der Waals surface area contributed by atoms with E-state index in [1.807, 2.05) is 0 Å².